The molecule has 0 spiro atoms. The standard InChI is InChI=1S/C10H22ClN/c1-5-9(6-2)12-10(3,4)7-8-11/h9,12H,5-8H2,1-4H3. The van der Waals surface area contributed by atoms with Gasteiger partial charge in [0.15, 0.2) is 0 Å². The summed E-state index contributed by atoms with van der Waals surface area (Å²) in [7, 11) is 0. The third kappa shape index (κ3) is 5.00. The molecule has 0 radical (unpaired) electrons. The number of hydrogen-bond donors (Lipinski definition) is 1. The van der Waals surface area contributed by atoms with Crippen LogP contribution in [0.15, 0.2) is 0 Å². The van der Waals surface area contributed by atoms with Crippen molar-refractivity contribution in [1.29, 1.82) is 0 Å². The summed E-state index contributed by atoms with van der Waals surface area (Å²) >= 11 is 5.72. The summed E-state index contributed by atoms with van der Waals surface area (Å²) in [6.45, 7) is 8.87. The maximum Gasteiger partial charge on any atom is 0.0240 e. The van der Waals surface area contributed by atoms with E-state index >= 15 is 0 Å². The van der Waals surface area contributed by atoms with E-state index in [-0.39, 0.29) is 5.54 Å². The lowest BCUT2D eigenvalue weighted by molar-refractivity contribution is 0.314. The molecule has 0 aromatic carbocycles. The van der Waals surface area contributed by atoms with Crippen LogP contribution in [0.5, 0.6) is 0 Å². The molecule has 1 N–H and O–H groups in total. The number of alkyl halides is 1. The quantitative estimate of drug-likeness (QED) is 0.636. The smallest absolute Gasteiger partial charge is 0.0240 e. The molecule has 0 aliphatic heterocycles. The lowest BCUT2D eigenvalue weighted by atomic mass is 9.99. The molecular weight excluding hydrogens is 170 g/mol. The zero-order valence-corrected chi connectivity index (χ0v) is 9.54. The van der Waals surface area contributed by atoms with E-state index in [2.05, 4.69) is 33.0 Å². The molecule has 0 aliphatic rings. The molecule has 74 valence electrons. The lowest BCUT2D eigenvalue weighted by Crippen LogP contribution is -2.45. The van der Waals surface area contributed by atoms with E-state index in [4.69, 9.17) is 11.6 Å². The third-order valence-corrected chi connectivity index (χ3v) is 2.49. The summed E-state index contributed by atoms with van der Waals surface area (Å²) in [5.74, 6) is 0.736. The van der Waals surface area contributed by atoms with Gasteiger partial charge in [0.1, 0.15) is 0 Å². The summed E-state index contributed by atoms with van der Waals surface area (Å²) in [4.78, 5) is 0. The Kier molecular flexibility index (Phi) is 5.94. The minimum Gasteiger partial charge on any atom is -0.309 e. The zero-order valence-electron chi connectivity index (χ0n) is 8.78. The number of rotatable bonds is 6. The fourth-order valence-corrected chi connectivity index (χ4v) is 1.83. The summed E-state index contributed by atoms with van der Waals surface area (Å²) in [5, 5.41) is 3.61. The molecule has 0 bridgehead atoms. The van der Waals surface area contributed by atoms with Crippen molar-refractivity contribution in [3.63, 3.8) is 0 Å². The molecule has 0 aromatic rings. The van der Waals surface area contributed by atoms with Crippen LogP contribution in [0, 0.1) is 0 Å². The van der Waals surface area contributed by atoms with Gasteiger partial charge >= 0.3 is 0 Å². The van der Waals surface area contributed by atoms with Crippen molar-refractivity contribution >= 4 is 11.6 Å². The van der Waals surface area contributed by atoms with Crippen molar-refractivity contribution in [1.82, 2.24) is 5.32 Å². The topological polar surface area (TPSA) is 12.0 Å². The van der Waals surface area contributed by atoms with E-state index in [1.807, 2.05) is 0 Å². The summed E-state index contributed by atoms with van der Waals surface area (Å²) < 4.78 is 0. The largest absolute Gasteiger partial charge is 0.309 e. The number of hydrogen-bond acceptors (Lipinski definition) is 1. The van der Waals surface area contributed by atoms with Gasteiger partial charge < -0.3 is 5.32 Å². The van der Waals surface area contributed by atoms with E-state index < -0.39 is 0 Å². The Labute approximate surface area is 81.9 Å². The second kappa shape index (κ2) is 5.82. The van der Waals surface area contributed by atoms with Gasteiger partial charge in [0.2, 0.25) is 0 Å². The predicted molar refractivity (Wildman–Crippen MR) is 56.9 cm³/mol. The van der Waals surface area contributed by atoms with Gasteiger partial charge in [-0.1, -0.05) is 13.8 Å². The molecule has 0 unspecified atom stereocenters. The van der Waals surface area contributed by atoms with Crippen LogP contribution in [-0.4, -0.2) is 17.5 Å². The minimum atomic E-state index is 0.193. The molecular formula is C10H22ClN. The van der Waals surface area contributed by atoms with Crippen molar-refractivity contribution in [3.8, 4) is 0 Å². The summed E-state index contributed by atoms with van der Waals surface area (Å²) in [6, 6.07) is 0.642. The van der Waals surface area contributed by atoms with Crippen molar-refractivity contribution in [2.24, 2.45) is 0 Å². The Bertz CT molecular complexity index is 108. The maximum absolute atomic E-state index is 5.72. The van der Waals surface area contributed by atoms with Gasteiger partial charge in [0.05, 0.1) is 0 Å². The highest BCUT2D eigenvalue weighted by molar-refractivity contribution is 6.17. The van der Waals surface area contributed by atoms with Crippen molar-refractivity contribution < 1.29 is 0 Å². The van der Waals surface area contributed by atoms with Crippen LogP contribution in [0.2, 0.25) is 0 Å². The molecule has 0 amide bonds. The highest BCUT2D eigenvalue weighted by Gasteiger charge is 2.19. The lowest BCUT2D eigenvalue weighted by Gasteiger charge is -2.30. The molecule has 0 heterocycles. The minimum absolute atomic E-state index is 0.193. The molecule has 0 fully saturated rings. The SMILES string of the molecule is CCC(CC)NC(C)(C)CCCl. The first-order valence-electron chi connectivity index (χ1n) is 4.89. The van der Waals surface area contributed by atoms with Gasteiger partial charge in [-0.25, -0.2) is 0 Å². The third-order valence-electron chi connectivity index (χ3n) is 2.30. The van der Waals surface area contributed by atoms with E-state index in [9.17, 15) is 0 Å². The van der Waals surface area contributed by atoms with Crippen LogP contribution in [0.25, 0.3) is 0 Å². The average Bonchev–Trinajstić information content (AvgIpc) is 2.00. The van der Waals surface area contributed by atoms with E-state index in [0.717, 1.165) is 12.3 Å². The summed E-state index contributed by atoms with van der Waals surface area (Å²) in [6.07, 6.45) is 3.43. The molecule has 0 atom stereocenters. The van der Waals surface area contributed by atoms with E-state index in [1.165, 1.54) is 12.8 Å². The maximum atomic E-state index is 5.72. The van der Waals surface area contributed by atoms with Crippen LogP contribution in [-0.2, 0) is 0 Å². The Hall–Kier alpha value is 0.250. The van der Waals surface area contributed by atoms with Gasteiger partial charge in [-0.15, -0.1) is 11.6 Å². The molecule has 0 aliphatic carbocycles. The number of nitrogens with one attached hydrogen (secondary N) is 1. The van der Waals surface area contributed by atoms with Crippen LogP contribution >= 0.6 is 11.6 Å². The summed E-state index contributed by atoms with van der Waals surface area (Å²) in [5.41, 5.74) is 0.193. The van der Waals surface area contributed by atoms with Crippen LogP contribution in [0.3, 0.4) is 0 Å². The zero-order chi connectivity index (χ0) is 9.61. The Morgan fingerprint density at radius 3 is 2.08 bits per heavy atom. The molecule has 0 saturated carbocycles. The molecule has 2 heteroatoms. The Morgan fingerprint density at radius 1 is 1.25 bits per heavy atom. The highest BCUT2D eigenvalue weighted by atomic mass is 35.5. The van der Waals surface area contributed by atoms with E-state index in [0.29, 0.717) is 6.04 Å². The molecule has 0 saturated heterocycles. The number of halogens is 1. The Morgan fingerprint density at radius 2 is 1.75 bits per heavy atom. The molecule has 0 rings (SSSR count). The molecule has 1 nitrogen and oxygen atoms in total. The fraction of sp³-hybridized carbons (Fsp3) is 1.00. The van der Waals surface area contributed by atoms with E-state index in [1.54, 1.807) is 0 Å². The normalized spacial score (nSPS) is 12.5. The first-order chi connectivity index (χ1) is 5.55. The molecule has 0 aromatic heterocycles. The van der Waals surface area contributed by atoms with Crippen molar-refractivity contribution in [2.45, 2.75) is 58.5 Å². The monoisotopic (exact) mass is 191 g/mol. The van der Waals surface area contributed by atoms with Gasteiger partial charge in [-0.2, -0.15) is 0 Å². The van der Waals surface area contributed by atoms with Gasteiger partial charge in [0, 0.05) is 17.5 Å². The molecule has 12 heavy (non-hydrogen) atoms. The van der Waals surface area contributed by atoms with Crippen molar-refractivity contribution in [3.05, 3.63) is 0 Å². The Balaban J connectivity index is 3.84. The van der Waals surface area contributed by atoms with Gasteiger partial charge in [0.25, 0.3) is 0 Å². The average molecular weight is 192 g/mol. The second-order valence-electron chi connectivity index (χ2n) is 3.98. The van der Waals surface area contributed by atoms with Crippen LogP contribution in [0.4, 0.5) is 0 Å². The fourth-order valence-electron chi connectivity index (χ4n) is 1.35. The van der Waals surface area contributed by atoms with Crippen LogP contribution < -0.4 is 5.32 Å². The van der Waals surface area contributed by atoms with Gasteiger partial charge in [-0.05, 0) is 33.1 Å². The predicted octanol–water partition coefficient (Wildman–Crippen LogP) is 3.17. The van der Waals surface area contributed by atoms with Gasteiger partial charge in [-0.3, -0.25) is 0 Å². The van der Waals surface area contributed by atoms with Crippen LogP contribution in [0.1, 0.15) is 47.0 Å². The highest BCUT2D eigenvalue weighted by Crippen LogP contribution is 2.12. The first kappa shape index (κ1) is 12.2. The van der Waals surface area contributed by atoms with Crippen molar-refractivity contribution in [2.75, 3.05) is 5.88 Å². The first-order valence-corrected chi connectivity index (χ1v) is 5.42. The second-order valence-corrected chi connectivity index (χ2v) is 4.36.